The molecule has 2 aromatic carbocycles. The van der Waals surface area contributed by atoms with Gasteiger partial charge < -0.3 is 24.2 Å². The number of ether oxygens (including phenoxy) is 3. The second-order valence-electron chi connectivity index (χ2n) is 7.59. The summed E-state index contributed by atoms with van der Waals surface area (Å²) >= 11 is 0. The van der Waals surface area contributed by atoms with Crippen LogP contribution in [0.4, 0.5) is 4.79 Å². The van der Waals surface area contributed by atoms with Crippen molar-refractivity contribution in [1.29, 1.82) is 0 Å². The third-order valence-corrected chi connectivity index (χ3v) is 3.97. The molecular formula is C21H25NO5. The summed E-state index contributed by atoms with van der Waals surface area (Å²) in [5.74, 6) is 0.485. The molecule has 1 heterocycles. The van der Waals surface area contributed by atoms with E-state index in [9.17, 15) is 9.90 Å². The van der Waals surface area contributed by atoms with Gasteiger partial charge in [0.25, 0.3) is 0 Å². The SMILES string of the molecule is CC(C)(C)OC(=O)N1CC[C@](O)(Oc2ccc(Oc3ccccc3)cc2)C1. The van der Waals surface area contributed by atoms with E-state index in [4.69, 9.17) is 14.2 Å². The van der Waals surface area contributed by atoms with Crippen LogP contribution < -0.4 is 9.47 Å². The first kappa shape index (κ1) is 19.0. The van der Waals surface area contributed by atoms with E-state index < -0.39 is 17.5 Å². The number of carbonyl (C=O) groups excluding carboxylic acids is 1. The van der Waals surface area contributed by atoms with Gasteiger partial charge in [0.2, 0.25) is 5.79 Å². The molecule has 0 radical (unpaired) electrons. The molecule has 2 aromatic rings. The molecule has 1 saturated heterocycles. The number of aliphatic hydroxyl groups is 1. The highest BCUT2D eigenvalue weighted by atomic mass is 16.6. The van der Waals surface area contributed by atoms with Crippen molar-refractivity contribution in [2.45, 2.75) is 38.6 Å². The van der Waals surface area contributed by atoms with Crippen LogP contribution in [0.5, 0.6) is 17.2 Å². The third-order valence-electron chi connectivity index (χ3n) is 3.97. The molecule has 1 aliphatic heterocycles. The summed E-state index contributed by atoms with van der Waals surface area (Å²) < 4.78 is 16.8. The van der Waals surface area contributed by atoms with E-state index in [0.29, 0.717) is 24.5 Å². The lowest BCUT2D eigenvalue weighted by Crippen LogP contribution is -2.42. The second-order valence-corrected chi connectivity index (χ2v) is 7.59. The molecular weight excluding hydrogens is 346 g/mol. The minimum atomic E-state index is -1.43. The van der Waals surface area contributed by atoms with Crippen molar-refractivity contribution in [2.75, 3.05) is 13.1 Å². The number of para-hydroxylation sites is 1. The van der Waals surface area contributed by atoms with Crippen LogP contribution in [0.15, 0.2) is 54.6 Å². The lowest BCUT2D eigenvalue weighted by Gasteiger charge is -2.27. The fourth-order valence-corrected chi connectivity index (χ4v) is 2.75. The van der Waals surface area contributed by atoms with Gasteiger partial charge in [-0.25, -0.2) is 4.79 Å². The predicted octanol–water partition coefficient (Wildman–Crippen LogP) is 4.19. The summed E-state index contributed by atoms with van der Waals surface area (Å²) in [6.45, 7) is 5.86. The van der Waals surface area contributed by atoms with E-state index in [1.54, 1.807) is 24.3 Å². The summed E-state index contributed by atoms with van der Waals surface area (Å²) in [5, 5.41) is 10.7. The van der Waals surface area contributed by atoms with Crippen LogP contribution in [0.1, 0.15) is 27.2 Å². The number of hydrogen-bond donors (Lipinski definition) is 1. The molecule has 0 aliphatic carbocycles. The third kappa shape index (κ3) is 5.37. The molecule has 1 N–H and O–H groups in total. The van der Waals surface area contributed by atoms with Crippen molar-refractivity contribution in [2.24, 2.45) is 0 Å². The fourth-order valence-electron chi connectivity index (χ4n) is 2.75. The summed E-state index contributed by atoms with van der Waals surface area (Å²) in [5.41, 5.74) is -0.576. The minimum Gasteiger partial charge on any atom is -0.461 e. The summed E-state index contributed by atoms with van der Waals surface area (Å²) in [6.07, 6.45) is -0.136. The molecule has 1 aliphatic rings. The Morgan fingerprint density at radius 1 is 1.00 bits per heavy atom. The number of rotatable bonds is 4. The maximum atomic E-state index is 12.1. The Hall–Kier alpha value is -2.73. The van der Waals surface area contributed by atoms with Gasteiger partial charge in [-0.2, -0.15) is 0 Å². The molecule has 0 unspecified atom stereocenters. The Labute approximate surface area is 159 Å². The van der Waals surface area contributed by atoms with Gasteiger partial charge in [-0.3, -0.25) is 0 Å². The van der Waals surface area contributed by atoms with E-state index in [1.165, 1.54) is 4.90 Å². The average Bonchev–Trinajstić information content (AvgIpc) is 2.98. The van der Waals surface area contributed by atoms with Crippen molar-refractivity contribution < 1.29 is 24.1 Å². The normalized spacial score (nSPS) is 19.6. The van der Waals surface area contributed by atoms with Crippen LogP contribution in [0.25, 0.3) is 0 Å². The van der Waals surface area contributed by atoms with Gasteiger partial charge >= 0.3 is 6.09 Å². The van der Waals surface area contributed by atoms with E-state index in [1.807, 2.05) is 51.1 Å². The highest BCUT2D eigenvalue weighted by Crippen LogP contribution is 2.29. The van der Waals surface area contributed by atoms with Gasteiger partial charge in [0.15, 0.2) is 0 Å². The van der Waals surface area contributed by atoms with Crippen LogP contribution in [0.2, 0.25) is 0 Å². The molecule has 27 heavy (non-hydrogen) atoms. The topological polar surface area (TPSA) is 68.2 Å². The Morgan fingerprint density at radius 3 is 2.22 bits per heavy atom. The van der Waals surface area contributed by atoms with Gasteiger partial charge in [-0.1, -0.05) is 18.2 Å². The standard InChI is InChI=1S/C21H25NO5/c1-20(2,3)27-19(23)22-14-13-21(24,15-22)26-18-11-9-17(10-12-18)25-16-7-5-4-6-8-16/h4-12,24H,13-15H2,1-3H3/t21-/m0/s1. The fraction of sp³-hybridized carbons (Fsp3) is 0.381. The molecule has 6 heteroatoms. The van der Waals surface area contributed by atoms with E-state index in [-0.39, 0.29) is 6.54 Å². The average molecular weight is 371 g/mol. The second kappa shape index (κ2) is 7.48. The van der Waals surface area contributed by atoms with Gasteiger partial charge in [-0.05, 0) is 57.2 Å². The predicted molar refractivity (Wildman–Crippen MR) is 101 cm³/mol. The summed E-state index contributed by atoms with van der Waals surface area (Å²) in [7, 11) is 0. The first-order chi connectivity index (χ1) is 12.7. The number of amides is 1. The monoisotopic (exact) mass is 371 g/mol. The molecule has 0 saturated carbocycles. The molecule has 3 rings (SSSR count). The summed E-state index contributed by atoms with van der Waals surface area (Å²) in [6, 6.07) is 16.5. The maximum absolute atomic E-state index is 12.1. The largest absolute Gasteiger partial charge is 0.461 e. The Morgan fingerprint density at radius 2 is 1.59 bits per heavy atom. The Balaban J connectivity index is 1.58. The van der Waals surface area contributed by atoms with E-state index in [2.05, 4.69) is 0 Å². The lowest BCUT2D eigenvalue weighted by molar-refractivity contribution is -0.125. The number of β-amino-alcohol motifs (C(OH)–C–C–N with tert-alkyl or cyclic N) is 1. The number of benzene rings is 2. The number of hydrogen-bond acceptors (Lipinski definition) is 5. The van der Waals surface area contributed by atoms with Gasteiger partial charge in [-0.15, -0.1) is 0 Å². The number of carbonyl (C=O) groups is 1. The molecule has 1 fully saturated rings. The van der Waals surface area contributed by atoms with Crippen molar-refractivity contribution in [3.63, 3.8) is 0 Å². The zero-order valence-electron chi connectivity index (χ0n) is 15.8. The Bertz CT molecular complexity index is 769. The van der Waals surface area contributed by atoms with Crippen molar-refractivity contribution in [1.82, 2.24) is 4.90 Å². The van der Waals surface area contributed by atoms with Crippen LogP contribution in [0, 0.1) is 0 Å². The molecule has 144 valence electrons. The number of likely N-dealkylation sites (tertiary alicyclic amines) is 1. The first-order valence-electron chi connectivity index (χ1n) is 8.95. The van der Waals surface area contributed by atoms with Gasteiger partial charge in [0, 0.05) is 13.0 Å². The van der Waals surface area contributed by atoms with Crippen LogP contribution in [0.3, 0.4) is 0 Å². The zero-order valence-corrected chi connectivity index (χ0v) is 15.8. The highest BCUT2D eigenvalue weighted by molar-refractivity contribution is 5.68. The first-order valence-corrected chi connectivity index (χ1v) is 8.95. The zero-order chi connectivity index (χ0) is 19.5. The van der Waals surface area contributed by atoms with E-state index in [0.717, 1.165) is 5.75 Å². The highest BCUT2D eigenvalue weighted by Gasteiger charge is 2.41. The smallest absolute Gasteiger partial charge is 0.410 e. The molecule has 0 spiro atoms. The van der Waals surface area contributed by atoms with Gasteiger partial charge in [0.05, 0.1) is 6.54 Å². The van der Waals surface area contributed by atoms with Crippen molar-refractivity contribution in [3.8, 4) is 17.2 Å². The van der Waals surface area contributed by atoms with E-state index >= 15 is 0 Å². The molecule has 1 amide bonds. The Kier molecular flexibility index (Phi) is 5.28. The quantitative estimate of drug-likeness (QED) is 0.817. The number of nitrogens with zero attached hydrogens (tertiary/aromatic N) is 1. The molecule has 0 bridgehead atoms. The van der Waals surface area contributed by atoms with Crippen LogP contribution >= 0.6 is 0 Å². The maximum Gasteiger partial charge on any atom is 0.410 e. The molecule has 6 nitrogen and oxygen atoms in total. The minimum absolute atomic E-state index is 0.0597. The van der Waals surface area contributed by atoms with Gasteiger partial charge in [0.1, 0.15) is 22.8 Å². The summed E-state index contributed by atoms with van der Waals surface area (Å²) in [4.78, 5) is 13.6. The van der Waals surface area contributed by atoms with Crippen molar-refractivity contribution >= 4 is 6.09 Å². The van der Waals surface area contributed by atoms with Crippen molar-refractivity contribution in [3.05, 3.63) is 54.6 Å². The van der Waals surface area contributed by atoms with Crippen LogP contribution in [-0.2, 0) is 4.74 Å². The lowest BCUT2D eigenvalue weighted by atomic mass is 10.2. The molecule has 0 aromatic heterocycles. The van der Waals surface area contributed by atoms with Crippen LogP contribution in [-0.4, -0.2) is 40.6 Å². The molecule has 1 atom stereocenters.